The Morgan fingerprint density at radius 1 is 1.06 bits per heavy atom. The Kier molecular flexibility index (Phi) is 6.31. The lowest BCUT2D eigenvalue weighted by Crippen LogP contribution is -2.35. The van der Waals surface area contributed by atoms with Crippen LogP contribution in [-0.2, 0) is 0 Å². The smallest absolute Gasteiger partial charge is 0.263 e. The van der Waals surface area contributed by atoms with Crippen LogP contribution in [0.4, 0.5) is 23.2 Å². The van der Waals surface area contributed by atoms with Crippen LogP contribution in [0.2, 0.25) is 0 Å². The van der Waals surface area contributed by atoms with Gasteiger partial charge in [0.1, 0.15) is 16.8 Å². The monoisotopic (exact) mass is 505 g/mol. The SMILES string of the molecule is COc1c(F)c(F)c(C(=O)NC(=S)Nc2ccc(O)c(-c3nc4cc(C)ccc4o3)c2)c(F)c1F. The Morgan fingerprint density at radius 2 is 1.74 bits per heavy atom. The van der Waals surface area contributed by atoms with Crippen molar-refractivity contribution in [2.75, 3.05) is 12.4 Å². The van der Waals surface area contributed by atoms with E-state index in [1.165, 1.54) is 18.2 Å². The summed E-state index contributed by atoms with van der Waals surface area (Å²) in [6, 6.07) is 9.46. The first-order chi connectivity index (χ1) is 16.6. The fraction of sp³-hybridized carbons (Fsp3) is 0.0870. The second kappa shape index (κ2) is 9.22. The Morgan fingerprint density at radius 3 is 2.40 bits per heavy atom. The van der Waals surface area contributed by atoms with Crippen molar-refractivity contribution in [2.45, 2.75) is 6.92 Å². The van der Waals surface area contributed by atoms with E-state index in [0.717, 1.165) is 12.7 Å². The van der Waals surface area contributed by atoms with Crippen molar-refractivity contribution in [1.29, 1.82) is 0 Å². The van der Waals surface area contributed by atoms with E-state index in [2.05, 4.69) is 15.0 Å². The fourth-order valence-corrected chi connectivity index (χ4v) is 3.47. The van der Waals surface area contributed by atoms with Crippen molar-refractivity contribution < 1.29 is 36.6 Å². The molecule has 0 radical (unpaired) electrons. The molecule has 0 spiro atoms. The third-order valence-electron chi connectivity index (χ3n) is 4.91. The first-order valence-corrected chi connectivity index (χ1v) is 10.2. The number of halogens is 4. The number of aryl methyl sites for hydroxylation is 1. The van der Waals surface area contributed by atoms with Crippen LogP contribution in [0, 0.1) is 30.2 Å². The number of fused-ring (bicyclic) bond motifs is 1. The standard InChI is InChI=1S/C23H15F4N3O4S/c1-9-3-6-14-12(7-9)29-22(34-14)11-8-10(4-5-13(11)31)28-23(35)30-21(32)15-16(24)18(26)20(33-2)19(27)17(15)25/h3-8,31H,1-2H3,(H2,28,30,32,35). The van der Waals surface area contributed by atoms with E-state index in [-0.39, 0.29) is 22.9 Å². The topological polar surface area (TPSA) is 96.6 Å². The van der Waals surface area contributed by atoms with Crippen molar-refractivity contribution in [3.05, 3.63) is 70.8 Å². The van der Waals surface area contributed by atoms with Crippen LogP contribution < -0.4 is 15.4 Å². The summed E-state index contributed by atoms with van der Waals surface area (Å²) in [6.07, 6.45) is 0. The number of thiocarbonyl (C=S) groups is 1. The minimum absolute atomic E-state index is 0.107. The van der Waals surface area contributed by atoms with E-state index in [1.54, 1.807) is 12.1 Å². The summed E-state index contributed by atoms with van der Waals surface area (Å²) in [6.45, 7) is 1.89. The van der Waals surface area contributed by atoms with Gasteiger partial charge in [0.05, 0.1) is 12.7 Å². The van der Waals surface area contributed by atoms with Crippen LogP contribution in [0.3, 0.4) is 0 Å². The molecule has 0 atom stereocenters. The number of carbonyl (C=O) groups excluding carboxylic acids is 1. The van der Waals surface area contributed by atoms with Gasteiger partial charge in [-0.05, 0) is 55.0 Å². The van der Waals surface area contributed by atoms with Crippen LogP contribution in [0.15, 0.2) is 40.8 Å². The van der Waals surface area contributed by atoms with Crippen LogP contribution in [0.5, 0.6) is 11.5 Å². The normalized spacial score (nSPS) is 10.9. The molecule has 0 saturated heterocycles. The molecule has 35 heavy (non-hydrogen) atoms. The molecular weight excluding hydrogens is 490 g/mol. The molecular formula is C23H15F4N3O4S. The Labute approximate surface area is 200 Å². The summed E-state index contributed by atoms with van der Waals surface area (Å²) >= 11 is 4.97. The van der Waals surface area contributed by atoms with Gasteiger partial charge < -0.3 is 19.6 Å². The Balaban J connectivity index is 1.57. The maximum Gasteiger partial charge on any atom is 0.263 e. The fourth-order valence-electron chi connectivity index (χ4n) is 3.26. The first kappa shape index (κ1) is 24.0. The zero-order valence-corrected chi connectivity index (χ0v) is 18.8. The molecule has 0 fully saturated rings. The average Bonchev–Trinajstić information content (AvgIpc) is 3.22. The van der Waals surface area contributed by atoms with Gasteiger partial charge in [-0.15, -0.1) is 0 Å². The quantitative estimate of drug-likeness (QED) is 0.152. The number of aromatic nitrogens is 1. The highest BCUT2D eigenvalue weighted by atomic mass is 32.1. The average molecular weight is 505 g/mol. The number of hydrogen-bond acceptors (Lipinski definition) is 6. The molecule has 1 amide bonds. The predicted octanol–water partition coefficient (Wildman–Crippen LogP) is 5.20. The number of oxazole rings is 1. The molecule has 3 aromatic carbocycles. The number of methoxy groups -OCH3 is 1. The number of amides is 1. The van der Waals surface area contributed by atoms with Crippen molar-refractivity contribution >= 4 is 40.0 Å². The summed E-state index contributed by atoms with van der Waals surface area (Å²) < 4.78 is 66.2. The number of rotatable bonds is 4. The summed E-state index contributed by atoms with van der Waals surface area (Å²) in [5, 5.41) is 14.3. The molecule has 1 aromatic heterocycles. The molecule has 0 aliphatic heterocycles. The molecule has 4 aromatic rings. The minimum atomic E-state index is -1.95. The second-order valence-corrected chi connectivity index (χ2v) is 7.70. The van der Waals surface area contributed by atoms with Crippen LogP contribution in [-0.4, -0.2) is 28.2 Å². The minimum Gasteiger partial charge on any atom is -0.507 e. The highest BCUT2D eigenvalue weighted by Crippen LogP contribution is 2.34. The Bertz CT molecular complexity index is 1480. The number of anilines is 1. The highest BCUT2D eigenvalue weighted by molar-refractivity contribution is 7.80. The van der Waals surface area contributed by atoms with E-state index in [0.29, 0.717) is 11.1 Å². The van der Waals surface area contributed by atoms with E-state index in [4.69, 9.17) is 16.6 Å². The van der Waals surface area contributed by atoms with Crippen LogP contribution in [0.25, 0.3) is 22.6 Å². The zero-order valence-electron chi connectivity index (χ0n) is 18.0. The van der Waals surface area contributed by atoms with Gasteiger partial charge in [0, 0.05) is 5.69 Å². The number of phenols is 1. The first-order valence-electron chi connectivity index (χ1n) is 9.83. The Hall–Kier alpha value is -4.19. The lowest BCUT2D eigenvalue weighted by molar-refractivity contribution is 0.0966. The third-order valence-corrected chi connectivity index (χ3v) is 5.11. The summed E-state index contributed by atoms with van der Waals surface area (Å²) in [5.41, 5.74) is 0.933. The van der Waals surface area contributed by atoms with Gasteiger partial charge in [-0.2, -0.15) is 8.78 Å². The molecule has 0 bridgehead atoms. The molecule has 3 N–H and O–H groups in total. The van der Waals surface area contributed by atoms with Crippen LogP contribution >= 0.6 is 12.2 Å². The molecule has 0 aliphatic carbocycles. The zero-order chi connectivity index (χ0) is 25.4. The molecule has 0 aliphatic rings. The maximum atomic E-state index is 14.2. The number of phenolic OH excluding ortho intramolecular Hbond substituents is 1. The molecule has 180 valence electrons. The van der Waals surface area contributed by atoms with E-state index in [1.807, 2.05) is 18.3 Å². The number of benzene rings is 3. The van der Waals surface area contributed by atoms with Gasteiger partial charge in [-0.1, -0.05) is 6.07 Å². The van der Waals surface area contributed by atoms with E-state index < -0.39 is 45.6 Å². The lowest BCUT2D eigenvalue weighted by atomic mass is 10.1. The molecule has 4 rings (SSSR count). The van der Waals surface area contributed by atoms with Crippen molar-refractivity contribution in [3.8, 4) is 23.0 Å². The van der Waals surface area contributed by atoms with E-state index in [9.17, 15) is 27.5 Å². The van der Waals surface area contributed by atoms with Crippen molar-refractivity contribution in [3.63, 3.8) is 0 Å². The van der Waals surface area contributed by atoms with Crippen LogP contribution in [0.1, 0.15) is 15.9 Å². The molecule has 7 nitrogen and oxygen atoms in total. The predicted molar refractivity (Wildman–Crippen MR) is 122 cm³/mol. The lowest BCUT2D eigenvalue weighted by Gasteiger charge is -2.13. The number of aromatic hydroxyl groups is 1. The largest absolute Gasteiger partial charge is 0.507 e. The summed E-state index contributed by atoms with van der Waals surface area (Å²) in [5.74, 6) is -10.5. The molecule has 1 heterocycles. The number of nitrogens with zero attached hydrogens (tertiary/aromatic N) is 1. The molecule has 0 unspecified atom stereocenters. The molecule has 12 heteroatoms. The van der Waals surface area contributed by atoms with Gasteiger partial charge in [0.2, 0.25) is 17.5 Å². The highest BCUT2D eigenvalue weighted by Gasteiger charge is 2.30. The number of ether oxygens (including phenoxy) is 1. The number of hydrogen-bond donors (Lipinski definition) is 3. The molecule has 0 saturated carbocycles. The van der Waals surface area contributed by atoms with Gasteiger partial charge in [-0.25, -0.2) is 13.8 Å². The summed E-state index contributed by atoms with van der Waals surface area (Å²) in [4.78, 5) is 16.6. The third kappa shape index (κ3) is 4.47. The van der Waals surface area contributed by atoms with Gasteiger partial charge in [0.15, 0.2) is 28.1 Å². The number of carbonyl (C=O) groups is 1. The van der Waals surface area contributed by atoms with Gasteiger partial charge in [0.25, 0.3) is 5.91 Å². The van der Waals surface area contributed by atoms with Crippen molar-refractivity contribution in [2.24, 2.45) is 0 Å². The van der Waals surface area contributed by atoms with Gasteiger partial charge in [-0.3, -0.25) is 10.1 Å². The summed E-state index contributed by atoms with van der Waals surface area (Å²) in [7, 11) is 0.812. The second-order valence-electron chi connectivity index (χ2n) is 7.29. The van der Waals surface area contributed by atoms with E-state index >= 15 is 0 Å². The maximum absolute atomic E-state index is 14.2. The van der Waals surface area contributed by atoms with Gasteiger partial charge >= 0.3 is 0 Å². The number of nitrogens with one attached hydrogen (secondary N) is 2. The van der Waals surface area contributed by atoms with Crippen molar-refractivity contribution in [1.82, 2.24) is 10.3 Å².